The van der Waals surface area contributed by atoms with Crippen LogP contribution < -0.4 is 14.4 Å². The third kappa shape index (κ3) is 8.18. The molecule has 0 aliphatic rings. The minimum absolute atomic E-state index is 0.0702. The Balaban J connectivity index is 1.98. The second-order valence-corrected chi connectivity index (χ2v) is 12.6. The maximum absolute atomic E-state index is 13.9. The molecule has 208 valence electrons. The molecule has 0 radical (unpaired) electrons. The second-order valence-electron chi connectivity index (χ2n) is 9.49. The Hall–Kier alpha value is -3.12. The van der Waals surface area contributed by atoms with E-state index in [2.05, 4.69) is 27.9 Å². The Bertz CT molecular complexity index is 1350. The molecule has 0 heterocycles. The van der Waals surface area contributed by atoms with Crippen molar-refractivity contribution in [3.8, 4) is 5.75 Å². The molecule has 0 aliphatic heterocycles. The molecule has 8 nitrogen and oxygen atoms in total. The SMILES string of the molecule is COc1ccc(CN(C(=O)CN(c2ccc(I)cc2)S(=O)(=O)c2ccccc2)C(C)C(=O)NCC(C)C)cc1. The van der Waals surface area contributed by atoms with Gasteiger partial charge >= 0.3 is 0 Å². The highest BCUT2D eigenvalue weighted by Crippen LogP contribution is 2.25. The smallest absolute Gasteiger partial charge is 0.264 e. The first-order chi connectivity index (χ1) is 18.5. The number of ether oxygens (including phenoxy) is 1. The van der Waals surface area contributed by atoms with E-state index in [4.69, 9.17) is 4.74 Å². The van der Waals surface area contributed by atoms with Gasteiger partial charge in [-0.1, -0.05) is 44.2 Å². The highest BCUT2D eigenvalue weighted by Gasteiger charge is 2.32. The highest BCUT2D eigenvalue weighted by molar-refractivity contribution is 14.1. The lowest BCUT2D eigenvalue weighted by Crippen LogP contribution is -2.51. The van der Waals surface area contributed by atoms with Crippen LogP contribution in [-0.4, -0.2) is 51.4 Å². The van der Waals surface area contributed by atoms with E-state index in [0.717, 1.165) is 13.4 Å². The molecule has 1 atom stereocenters. The lowest BCUT2D eigenvalue weighted by Gasteiger charge is -2.32. The van der Waals surface area contributed by atoms with E-state index in [1.807, 2.05) is 26.0 Å². The predicted molar refractivity (Wildman–Crippen MR) is 161 cm³/mol. The fourth-order valence-corrected chi connectivity index (χ4v) is 5.61. The van der Waals surface area contributed by atoms with Gasteiger partial charge in [-0.2, -0.15) is 0 Å². The number of halogens is 1. The lowest BCUT2D eigenvalue weighted by molar-refractivity contribution is -0.139. The van der Waals surface area contributed by atoms with Crippen molar-refractivity contribution in [3.05, 3.63) is 88.0 Å². The molecule has 0 aromatic heterocycles. The first kappa shape index (κ1) is 30.4. The van der Waals surface area contributed by atoms with Gasteiger partial charge in [-0.05, 0) is 89.5 Å². The highest BCUT2D eigenvalue weighted by atomic mass is 127. The van der Waals surface area contributed by atoms with E-state index in [-0.39, 0.29) is 23.3 Å². The molecule has 3 aromatic carbocycles. The number of nitrogens with one attached hydrogen (secondary N) is 1. The van der Waals surface area contributed by atoms with Crippen LogP contribution in [0.2, 0.25) is 0 Å². The van der Waals surface area contributed by atoms with E-state index in [0.29, 0.717) is 18.0 Å². The summed E-state index contributed by atoms with van der Waals surface area (Å²) in [5.74, 6) is 0.0887. The molecule has 0 saturated heterocycles. The topological polar surface area (TPSA) is 96.0 Å². The Labute approximate surface area is 244 Å². The zero-order chi connectivity index (χ0) is 28.6. The van der Waals surface area contributed by atoms with E-state index in [9.17, 15) is 18.0 Å². The summed E-state index contributed by atoms with van der Waals surface area (Å²) in [5.41, 5.74) is 1.13. The predicted octanol–water partition coefficient (Wildman–Crippen LogP) is 4.68. The summed E-state index contributed by atoms with van der Waals surface area (Å²) in [6.45, 7) is 5.72. The van der Waals surface area contributed by atoms with Crippen molar-refractivity contribution in [1.29, 1.82) is 0 Å². The summed E-state index contributed by atoms with van der Waals surface area (Å²) in [5, 5.41) is 2.88. The van der Waals surface area contributed by atoms with Gasteiger partial charge in [0.05, 0.1) is 17.7 Å². The van der Waals surface area contributed by atoms with Gasteiger partial charge in [0.25, 0.3) is 10.0 Å². The molecule has 0 aliphatic carbocycles. The number of anilines is 1. The van der Waals surface area contributed by atoms with Crippen molar-refractivity contribution in [3.63, 3.8) is 0 Å². The number of hydrogen-bond acceptors (Lipinski definition) is 5. The van der Waals surface area contributed by atoms with Gasteiger partial charge in [0.2, 0.25) is 11.8 Å². The Morgan fingerprint density at radius 3 is 2.10 bits per heavy atom. The van der Waals surface area contributed by atoms with Gasteiger partial charge in [-0.3, -0.25) is 13.9 Å². The van der Waals surface area contributed by atoms with Crippen LogP contribution in [0, 0.1) is 9.49 Å². The van der Waals surface area contributed by atoms with Gasteiger partial charge in [0.1, 0.15) is 18.3 Å². The number of carbonyl (C=O) groups is 2. The monoisotopic (exact) mass is 663 g/mol. The van der Waals surface area contributed by atoms with Crippen LogP contribution in [0.5, 0.6) is 5.75 Å². The lowest BCUT2D eigenvalue weighted by atomic mass is 10.1. The average Bonchev–Trinajstić information content (AvgIpc) is 2.94. The third-order valence-corrected chi connectivity index (χ3v) is 8.60. The average molecular weight is 664 g/mol. The number of carbonyl (C=O) groups excluding carboxylic acids is 2. The normalized spacial score (nSPS) is 12.1. The zero-order valence-corrected chi connectivity index (χ0v) is 25.5. The molecule has 10 heteroatoms. The van der Waals surface area contributed by atoms with E-state index in [1.54, 1.807) is 68.6 Å². The number of nitrogens with zero attached hydrogens (tertiary/aromatic N) is 2. The van der Waals surface area contributed by atoms with Gasteiger partial charge in [0.15, 0.2) is 0 Å². The number of hydrogen-bond donors (Lipinski definition) is 1. The summed E-state index contributed by atoms with van der Waals surface area (Å²) < 4.78 is 34.7. The molecule has 0 spiro atoms. The molecule has 0 fully saturated rings. The van der Waals surface area contributed by atoms with Crippen molar-refractivity contribution in [2.24, 2.45) is 5.92 Å². The summed E-state index contributed by atoms with van der Waals surface area (Å²) in [7, 11) is -2.51. The molecule has 3 aromatic rings. The van der Waals surface area contributed by atoms with Crippen LogP contribution in [0.3, 0.4) is 0 Å². The second kappa shape index (κ2) is 13.8. The molecule has 0 saturated carbocycles. The van der Waals surface area contributed by atoms with Crippen LogP contribution in [0.25, 0.3) is 0 Å². The summed E-state index contributed by atoms with van der Waals surface area (Å²) in [6, 6.07) is 21.2. The van der Waals surface area contributed by atoms with Gasteiger partial charge < -0.3 is 15.0 Å². The first-order valence-electron chi connectivity index (χ1n) is 12.6. The maximum Gasteiger partial charge on any atom is 0.264 e. The number of methoxy groups -OCH3 is 1. The molecule has 0 bridgehead atoms. The number of sulfonamides is 1. The van der Waals surface area contributed by atoms with Crippen molar-refractivity contribution in [2.75, 3.05) is 24.5 Å². The summed E-state index contributed by atoms with van der Waals surface area (Å²) in [4.78, 5) is 28.4. The van der Waals surface area contributed by atoms with E-state index < -0.39 is 28.5 Å². The minimum Gasteiger partial charge on any atom is -0.497 e. The van der Waals surface area contributed by atoms with Crippen LogP contribution in [0.1, 0.15) is 26.3 Å². The van der Waals surface area contributed by atoms with Crippen LogP contribution in [-0.2, 0) is 26.2 Å². The van der Waals surface area contributed by atoms with Crippen LogP contribution in [0.4, 0.5) is 5.69 Å². The van der Waals surface area contributed by atoms with Crippen molar-refractivity contribution >= 4 is 50.1 Å². The zero-order valence-electron chi connectivity index (χ0n) is 22.5. The molecule has 3 rings (SSSR count). The number of rotatable bonds is 12. The number of amides is 2. The van der Waals surface area contributed by atoms with Crippen LogP contribution >= 0.6 is 22.6 Å². The van der Waals surface area contributed by atoms with Gasteiger partial charge in [-0.15, -0.1) is 0 Å². The van der Waals surface area contributed by atoms with E-state index in [1.165, 1.54) is 17.0 Å². The number of benzene rings is 3. The van der Waals surface area contributed by atoms with Crippen molar-refractivity contribution < 1.29 is 22.7 Å². The fraction of sp³-hybridized carbons (Fsp3) is 0.310. The Morgan fingerprint density at radius 1 is 0.923 bits per heavy atom. The molecule has 1 N–H and O–H groups in total. The molecular formula is C29H34IN3O5S. The Kier molecular flexibility index (Phi) is 10.8. The molecule has 39 heavy (non-hydrogen) atoms. The largest absolute Gasteiger partial charge is 0.497 e. The third-order valence-electron chi connectivity index (χ3n) is 6.09. The van der Waals surface area contributed by atoms with Gasteiger partial charge in [-0.25, -0.2) is 8.42 Å². The summed E-state index contributed by atoms with van der Waals surface area (Å²) >= 11 is 2.14. The summed E-state index contributed by atoms with van der Waals surface area (Å²) in [6.07, 6.45) is 0. The molecule has 1 unspecified atom stereocenters. The minimum atomic E-state index is -4.08. The molecule has 2 amide bonds. The Morgan fingerprint density at radius 2 is 1.54 bits per heavy atom. The van der Waals surface area contributed by atoms with Crippen LogP contribution in [0.15, 0.2) is 83.8 Å². The standard InChI is InChI=1S/C29H34IN3O5S/c1-21(2)18-31-29(35)22(3)32(19-23-10-16-26(38-4)17-11-23)28(34)20-33(25-14-12-24(30)13-15-25)39(36,37)27-8-6-5-7-9-27/h5-17,21-22H,18-20H2,1-4H3,(H,31,35). The van der Waals surface area contributed by atoms with Crippen molar-refractivity contribution in [1.82, 2.24) is 10.2 Å². The maximum atomic E-state index is 13.9. The first-order valence-corrected chi connectivity index (χ1v) is 15.1. The quantitative estimate of drug-likeness (QED) is 0.284. The fourth-order valence-electron chi connectivity index (χ4n) is 3.82. The van der Waals surface area contributed by atoms with Crippen molar-refractivity contribution in [2.45, 2.75) is 38.3 Å². The van der Waals surface area contributed by atoms with Gasteiger partial charge in [0, 0.05) is 16.7 Å². The van der Waals surface area contributed by atoms with E-state index >= 15 is 0 Å². The molecular weight excluding hydrogens is 629 g/mol.